The molecule has 0 aliphatic heterocycles. The van der Waals surface area contributed by atoms with Gasteiger partial charge in [0.15, 0.2) is 5.76 Å². The molecule has 0 saturated carbocycles. The number of alkyl carbamates (subject to hydrolysis) is 1. The summed E-state index contributed by atoms with van der Waals surface area (Å²) in [5, 5.41) is 7.78. The second kappa shape index (κ2) is 8.88. The molecule has 3 amide bonds. The number of benzene rings is 1. The molecule has 0 radical (unpaired) electrons. The molecule has 8 heteroatoms. The number of rotatable bonds is 6. The smallest absolute Gasteiger partial charge is 0.408 e. The molecule has 2 aromatic rings. The summed E-state index contributed by atoms with van der Waals surface area (Å²) in [6.07, 6.45) is 0.782. The Kier molecular flexibility index (Phi) is 6.59. The van der Waals surface area contributed by atoms with Crippen LogP contribution < -0.4 is 16.0 Å². The van der Waals surface area contributed by atoms with Gasteiger partial charge in [-0.3, -0.25) is 9.59 Å². The third kappa shape index (κ3) is 7.23. The Labute approximate surface area is 157 Å². The molecule has 0 atom stereocenters. The van der Waals surface area contributed by atoms with Crippen molar-refractivity contribution >= 4 is 23.6 Å². The fourth-order valence-electron chi connectivity index (χ4n) is 2.05. The van der Waals surface area contributed by atoms with E-state index in [9.17, 15) is 14.4 Å². The van der Waals surface area contributed by atoms with Crippen LogP contribution in [0.25, 0.3) is 0 Å². The molecule has 1 aromatic heterocycles. The second-order valence-electron chi connectivity index (χ2n) is 6.76. The molecule has 0 aliphatic carbocycles. The fraction of sp³-hybridized carbons (Fsp3) is 0.316. The minimum Gasteiger partial charge on any atom is -0.459 e. The van der Waals surface area contributed by atoms with Gasteiger partial charge in [-0.05, 0) is 50.6 Å². The van der Waals surface area contributed by atoms with Gasteiger partial charge in [0.25, 0.3) is 5.91 Å². The average molecular weight is 373 g/mol. The van der Waals surface area contributed by atoms with Crippen LogP contribution in [0.2, 0.25) is 0 Å². The summed E-state index contributed by atoms with van der Waals surface area (Å²) in [6.45, 7) is 5.35. The standard InChI is InChI=1S/C19H23N3O5/c1-19(2,3)27-18(25)21-12-16(23)22-14-8-6-13(7-9-14)11-20-17(24)15-5-4-10-26-15/h4-10H,11-12H2,1-3H3,(H,20,24)(H,21,25)(H,22,23). The number of amides is 3. The summed E-state index contributed by atoms with van der Waals surface area (Å²) in [5.74, 6) is -0.429. The Bertz CT molecular complexity index is 777. The molecular weight excluding hydrogens is 350 g/mol. The normalized spacial score (nSPS) is 10.8. The molecule has 0 fully saturated rings. The third-order valence-electron chi connectivity index (χ3n) is 3.23. The van der Waals surface area contributed by atoms with E-state index in [1.165, 1.54) is 6.26 Å². The fourth-order valence-corrected chi connectivity index (χ4v) is 2.05. The molecule has 0 bridgehead atoms. The molecule has 3 N–H and O–H groups in total. The van der Waals surface area contributed by atoms with E-state index in [-0.39, 0.29) is 24.1 Å². The van der Waals surface area contributed by atoms with Gasteiger partial charge in [-0.2, -0.15) is 0 Å². The lowest BCUT2D eigenvalue weighted by atomic mass is 10.2. The predicted octanol–water partition coefficient (Wildman–Crippen LogP) is 2.67. The lowest BCUT2D eigenvalue weighted by Gasteiger charge is -2.19. The number of nitrogens with one attached hydrogen (secondary N) is 3. The Morgan fingerprint density at radius 3 is 2.33 bits per heavy atom. The van der Waals surface area contributed by atoms with Crippen molar-refractivity contribution in [2.75, 3.05) is 11.9 Å². The van der Waals surface area contributed by atoms with Crippen LogP contribution in [0.4, 0.5) is 10.5 Å². The molecule has 1 aromatic carbocycles. The SMILES string of the molecule is CC(C)(C)OC(=O)NCC(=O)Nc1ccc(CNC(=O)c2ccco2)cc1. The quantitative estimate of drug-likeness (QED) is 0.721. The Hall–Kier alpha value is -3.29. The van der Waals surface area contributed by atoms with E-state index >= 15 is 0 Å². The van der Waals surface area contributed by atoms with Gasteiger partial charge in [0.1, 0.15) is 12.1 Å². The summed E-state index contributed by atoms with van der Waals surface area (Å²) in [7, 11) is 0. The van der Waals surface area contributed by atoms with E-state index in [4.69, 9.17) is 9.15 Å². The van der Waals surface area contributed by atoms with Crippen molar-refractivity contribution in [3.8, 4) is 0 Å². The first-order chi connectivity index (χ1) is 12.7. The summed E-state index contributed by atoms with van der Waals surface area (Å²) < 4.78 is 10.1. The first-order valence-electron chi connectivity index (χ1n) is 8.40. The summed E-state index contributed by atoms with van der Waals surface area (Å²) >= 11 is 0. The topological polar surface area (TPSA) is 110 Å². The van der Waals surface area contributed by atoms with Crippen LogP contribution in [0.15, 0.2) is 47.1 Å². The van der Waals surface area contributed by atoms with E-state index in [0.717, 1.165) is 5.56 Å². The van der Waals surface area contributed by atoms with E-state index in [0.29, 0.717) is 12.2 Å². The highest BCUT2D eigenvalue weighted by molar-refractivity contribution is 5.94. The van der Waals surface area contributed by atoms with E-state index in [1.54, 1.807) is 57.2 Å². The molecule has 2 rings (SSSR count). The van der Waals surface area contributed by atoms with Crippen LogP contribution in [-0.4, -0.2) is 30.1 Å². The molecular formula is C19H23N3O5. The Balaban J connectivity index is 1.75. The van der Waals surface area contributed by atoms with Gasteiger partial charge in [-0.15, -0.1) is 0 Å². The van der Waals surface area contributed by atoms with Gasteiger partial charge in [0.05, 0.1) is 6.26 Å². The van der Waals surface area contributed by atoms with E-state index < -0.39 is 11.7 Å². The van der Waals surface area contributed by atoms with Crippen molar-refractivity contribution < 1.29 is 23.5 Å². The van der Waals surface area contributed by atoms with Crippen molar-refractivity contribution in [1.82, 2.24) is 10.6 Å². The first kappa shape index (κ1) is 20.0. The molecule has 0 spiro atoms. The summed E-state index contributed by atoms with van der Waals surface area (Å²) in [6, 6.07) is 10.2. The van der Waals surface area contributed by atoms with Crippen LogP contribution in [0.3, 0.4) is 0 Å². The number of carbonyl (C=O) groups excluding carboxylic acids is 3. The molecule has 1 heterocycles. The van der Waals surface area contributed by atoms with Crippen molar-refractivity contribution in [3.63, 3.8) is 0 Å². The highest BCUT2D eigenvalue weighted by Crippen LogP contribution is 2.10. The maximum Gasteiger partial charge on any atom is 0.408 e. The number of furan rings is 1. The van der Waals surface area contributed by atoms with Crippen LogP contribution in [0.5, 0.6) is 0 Å². The van der Waals surface area contributed by atoms with Crippen molar-refractivity contribution in [2.24, 2.45) is 0 Å². The van der Waals surface area contributed by atoms with Gasteiger partial charge in [0, 0.05) is 12.2 Å². The minimum atomic E-state index is -0.653. The second-order valence-corrected chi connectivity index (χ2v) is 6.76. The zero-order valence-electron chi connectivity index (χ0n) is 15.5. The molecule has 0 unspecified atom stereocenters. The molecule has 0 aliphatic rings. The van der Waals surface area contributed by atoms with Crippen LogP contribution in [0.1, 0.15) is 36.9 Å². The predicted molar refractivity (Wildman–Crippen MR) is 99.2 cm³/mol. The number of carbonyl (C=O) groups is 3. The van der Waals surface area contributed by atoms with Crippen LogP contribution in [0, 0.1) is 0 Å². The zero-order chi connectivity index (χ0) is 19.9. The first-order valence-corrected chi connectivity index (χ1v) is 8.40. The Morgan fingerprint density at radius 2 is 1.74 bits per heavy atom. The average Bonchev–Trinajstić information content (AvgIpc) is 3.12. The molecule has 27 heavy (non-hydrogen) atoms. The van der Waals surface area contributed by atoms with Gasteiger partial charge in [-0.25, -0.2) is 4.79 Å². The number of hydrogen-bond donors (Lipinski definition) is 3. The number of ether oxygens (including phenoxy) is 1. The van der Waals surface area contributed by atoms with Crippen molar-refractivity contribution in [1.29, 1.82) is 0 Å². The Morgan fingerprint density at radius 1 is 1.04 bits per heavy atom. The summed E-state index contributed by atoms with van der Waals surface area (Å²) in [4.78, 5) is 35.2. The lowest BCUT2D eigenvalue weighted by molar-refractivity contribution is -0.115. The third-order valence-corrected chi connectivity index (χ3v) is 3.23. The van der Waals surface area contributed by atoms with Gasteiger partial charge < -0.3 is 25.1 Å². The van der Waals surface area contributed by atoms with Gasteiger partial charge in [0.2, 0.25) is 5.91 Å². The monoisotopic (exact) mass is 373 g/mol. The maximum absolute atomic E-state index is 11.9. The number of hydrogen-bond acceptors (Lipinski definition) is 5. The van der Waals surface area contributed by atoms with Gasteiger partial charge in [-0.1, -0.05) is 12.1 Å². The molecule has 0 saturated heterocycles. The van der Waals surface area contributed by atoms with E-state index in [2.05, 4.69) is 16.0 Å². The minimum absolute atomic E-state index is 0.199. The highest BCUT2D eigenvalue weighted by Gasteiger charge is 2.16. The lowest BCUT2D eigenvalue weighted by Crippen LogP contribution is -2.37. The van der Waals surface area contributed by atoms with Gasteiger partial charge >= 0.3 is 6.09 Å². The number of anilines is 1. The maximum atomic E-state index is 11.9. The molecule has 8 nitrogen and oxygen atoms in total. The van der Waals surface area contributed by atoms with Crippen molar-refractivity contribution in [2.45, 2.75) is 32.9 Å². The van der Waals surface area contributed by atoms with Crippen molar-refractivity contribution in [3.05, 3.63) is 54.0 Å². The summed E-state index contributed by atoms with van der Waals surface area (Å²) in [5.41, 5.74) is 0.815. The highest BCUT2D eigenvalue weighted by atomic mass is 16.6. The zero-order valence-corrected chi connectivity index (χ0v) is 15.5. The van der Waals surface area contributed by atoms with Crippen LogP contribution in [-0.2, 0) is 16.1 Å². The van der Waals surface area contributed by atoms with E-state index in [1.807, 2.05) is 0 Å². The largest absolute Gasteiger partial charge is 0.459 e. The molecule has 144 valence electrons. The van der Waals surface area contributed by atoms with Crippen LogP contribution >= 0.6 is 0 Å².